The number of hydrogen-bond acceptors (Lipinski definition) is 5. The molecule has 1 atom stereocenters. The summed E-state index contributed by atoms with van der Waals surface area (Å²) in [6, 6.07) is -0.103. The van der Waals surface area contributed by atoms with E-state index in [2.05, 4.69) is 4.98 Å². The highest BCUT2D eigenvalue weighted by Crippen LogP contribution is 2.28. The van der Waals surface area contributed by atoms with Gasteiger partial charge in [-0.15, -0.1) is 11.3 Å². The molecule has 14 heavy (non-hydrogen) atoms. The van der Waals surface area contributed by atoms with Crippen LogP contribution in [0.25, 0.3) is 0 Å². The lowest BCUT2D eigenvalue weighted by atomic mass is 10.3. The first-order chi connectivity index (χ1) is 6.48. The van der Waals surface area contributed by atoms with Gasteiger partial charge in [-0.3, -0.25) is 0 Å². The predicted molar refractivity (Wildman–Crippen MR) is 55.9 cm³/mol. The topological polar surface area (TPSA) is 73.0 Å². The lowest BCUT2D eigenvalue weighted by Crippen LogP contribution is -2.17. The fourth-order valence-corrected chi connectivity index (χ4v) is 4.00. The molecule has 2 N–H and O–H groups in total. The molecule has 0 amide bonds. The standard InChI is InChI=1S/C8H12N2O2S2/c1-5(9)8-10-6-4-14(11,12)3-2-7(6)13-8/h5H,2-4,9H2,1H3. The molecule has 6 heteroatoms. The smallest absolute Gasteiger partial charge is 0.156 e. The molecule has 2 heterocycles. The zero-order valence-electron chi connectivity index (χ0n) is 7.86. The van der Waals surface area contributed by atoms with Crippen LogP contribution in [0.4, 0.5) is 0 Å². The molecule has 2 rings (SSSR count). The summed E-state index contributed by atoms with van der Waals surface area (Å²) in [5.41, 5.74) is 6.41. The minimum atomic E-state index is -2.91. The van der Waals surface area contributed by atoms with Gasteiger partial charge < -0.3 is 5.73 Å². The average Bonchev–Trinajstić information content (AvgIpc) is 2.45. The minimum Gasteiger partial charge on any atom is -0.322 e. The molecule has 78 valence electrons. The molecule has 1 unspecified atom stereocenters. The lowest BCUT2D eigenvalue weighted by Gasteiger charge is -2.09. The predicted octanol–water partition coefficient (Wildman–Crippen LogP) is 0.634. The average molecular weight is 232 g/mol. The van der Waals surface area contributed by atoms with Crippen molar-refractivity contribution in [3.63, 3.8) is 0 Å². The van der Waals surface area contributed by atoms with E-state index in [4.69, 9.17) is 5.73 Å². The molecular weight excluding hydrogens is 220 g/mol. The van der Waals surface area contributed by atoms with Gasteiger partial charge in [0.2, 0.25) is 0 Å². The highest BCUT2D eigenvalue weighted by atomic mass is 32.2. The Balaban J connectivity index is 2.39. The molecular formula is C8H12N2O2S2. The Labute approximate surface area is 87.1 Å². The quantitative estimate of drug-likeness (QED) is 0.771. The van der Waals surface area contributed by atoms with Gasteiger partial charge >= 0.3 is 0 Å². The van der Waals surface area contributed by atoms with Gasteiger partial charge in [-0.25, -0.2) is 13.4 Å². The molecule has 0 saturated heterocycles. The molecule has 1 aromatic heterocycles. The molecule has 0 fully saturated rings. The number of aryl methyl sites for hydroxylation is 1. The number of aromatic nitrogens is 1. The highest BCUT2D eigenvalue weighted by Gasteiger charge is 2.25. The van der Waals surface area contributed by atoms with Gasteiger partial charge in [-0.2, -0.15) is 0 Å². The number of rotatable bonds is 1. The van der Waals surface area contributed by atoms with E-state index >= 15 is 0 Å². The van der Waals surface area contributed by atoms with Crippen LogP contribution in [0.1, 0.15) is 28.5 Å². The summed E-state index contributed by atoms with van der Waals surface area (Å²) in [6.07, 6.45) is 0.599. The highest BCUT2D eigenvalue weighted by molar-refractivity contribution is 7.90. The second-order valence-corrected chi connectivity index (χ2v) is 6.85. The molecule has 0 radical (unpaired) electrons. The molecule has 1 aromatic rings. The molecule has 0 spiro atoms. The summed E-state index contributed by atoms with van der Waals surface area (Å²) in [4.78, 5) is 5.35. The maximum atomic E-state index is 11.3. The number of hydrogen-bond donors (Lipinski definition) is 1. The minimum absolute atomic E-state index is 0.0888. The summed E-state index contributed by atoms with van der Waals surface area (Å²) in [5, 5.41) is 0.840. The molecule has 0 aliphatic carbocycles. The van der Waals surface area contributed by atoms with Crippen LogP contribution >= 0.6 is 11.3 Å². The molecule has 0 saturated carbocycles. The van der Waals surface area contributed by atoms with Crippen molar-refractivity contribution in [3.8, 4) is 0 Å². The van der Waals surface area contributed by atoms with Crippen LogP contribution in [0.5, 0.6) is 0 Å². The zero-order chi connectivity index (χ0) is 10.3. The van der Waals surface area contributed by atoms with Gasteiger partial charge in [0.05, 0.1) is 23.2 Å². The Bertz CT molecular complexity index is 448. The van der Waals surface area contributed by atoms with E-state index in [1.54, 1.807) is 11.3 Å². The largest absolute Gasteiger partial charge is 0.322 e. The second-order valence-electron chi connectivity index (χ2n) is 3.55. The van der Waals surface area contributed by atoms with Gasteiger partial charge in [-0.05, 0) is 13.3 Å². The summed E-state index contributed by atoms with van der Waals surface area (Å²) >= 11 is 1.54. The van der Waals surface area contributed by atoms with Crippen molar-refractivity contribution in [1.82, 2.24) is 4.98 Å². The van der Waals surface area contributed by atoms with E-state index in [0.29, 0.717) is 12.1 Å². The number of nitrogens with zero attached hydrogens (tertiary/aromatic N) is 1. The first-order valence-electron chi connectivity index (χ1n) is 4.42. The second kappa shape index (κ2) is 3.29. The number of thiazole rings is 1. The maximum Gasteiger partial charge on any atom is 0.156 e. The Kier molecular flexibility index (Phi) is 2.36. The number of fused-ring (bicyclic) bond motifs is 1. The third-order valence-corrected chi connectivity index (χ3v) is 5.08. The van der Waals surface area contributed by atoms with Gasteiger partial charge in [0, 0.05) is 4.88 Å². The number of sulfone groups is 1. The van der Waals surface area contributed by atoms with E-state index in [1.165, 1.54) is 0 Å². The first-order valence-corrected chi connectivity index (χ1v) is 7.06. The van der Waals surface area contributed by atoms with Crippen molar-refractivity contribution in [1.29, 1.82) is 0 Å². The third kappa shape index (κ3) is 1.82. The monoisotopic (exact) mass is 232 g/mol. The van der Waals surface area contributed by atoms with Crippen molar-refractivity contribution in [2.45, 2.75) is 25.1 Å². The van der Waals surface area contributed by atoms with Crippen molar-refractivity contribution < 1.29 is 8.42 Å². The molecule has 1 aliphatic rings. The Morgan fingerprint density at radius 1 is 1.57 bits per heavy atom. The summed E-state index contributed by atoms with van der Waals surface area (Å²) in [6.45, 7) is 1.86. The van der Waals surface area contributed by atoms with E-state index < -0.39 is 9.84 Å². The Morgan fingerprint density at radius 2 is 2.29 bits per heavy atom. The number of nitrogens with two attached hydrogens (primary N) is 1. The third-order valence-electron chi connectivity index (χ3n) is 2.18. The van der Waals surface area contributed by atoms with Gasteiger partial charge in [0.25, 0.3) is 0 Å². The van der Waals surface area contributed by atoms with E-state index in [9.17, 15) is 8.42 Å². The first kappa shape index (κ1) is 10.1. The Hall–Kier alpha value is -0.460. The summed E-state index contributed by atoms with van der Waals surface area (Å²) in [7, 11) is -2.91. The summed E-state index contributed by atoms with van der Waals surface area (Å²) in [5.74, 6) is 0.339. The molecule has 1 aliphatic heterocycles. The van der Waals surface area contributed by atoms with Gasteiger partial charge in [0.15, 0.2) is 9.84 Å². The van der Waals surface area contributed by atoms with E-state index in [1.807, 2.05) is 6.92 Å². The fourth-order valence-electron chi connectivity index (χ4n) is 1.43. The zero-order valence-corrected chi connectivity index (χ0v) is 9.49. The Morgan fingerprint density at radius 3 is 2.93 bits per heavy atom. The van der Waals surface area contributed by atoms with Crippen LogP contribution in [0.2, 0.25) is 0 Å². The van der Waals surface area contributed by atoms with Crippen LogP contribution < -0.4 is 5.73 Å². The van der Waals surface area contributed by atoms with Crippen LogP contribution in [0.3, 0.4) is 0 Å². The lowest BCUT2D eigenvalue weighted by molar-refractivity contribution is 0.591. The van der Waals surface area contributed by atoms with Crippen LogP contribution in [-0.4, -0.2) is 19.2 Å². The van der Waals surface area contributed by atoms with Crippen molar-refractivity contribution in [3.05, 3.63) is 15.6 Å². The van der Waals surface area contributed by atoms with Crippen molar-refractivity contribution >= 4 is 21.2 Å². The van der Waals surface area contributed by atoms with E-state index in [-0.39, 0.29) is 17.5 Å². The van der Waals surface area contributed by atoms with Crippen LogP contribution in [0, 0.1) is 0 Å². The van der Waals surface area contributed by atoms with Crippen LogP contribution in [-0.2, 0) is 22.0 Å². The maximum absolute atomic E-state index is 11.3. The normalized spacial score (nSPS) is 21.6. The SMILES string of the molecule is CC(N)c1nc2c(s1)CCS(=O)(=O)C2. The van der Waals surface area contributed by atoms with Gasteiger partial charge in [-0.1, -0.05) is 0 Å². The van der Waals surface area contributed by atoms with Crippen molar-refractivity contribution in [2.24, 2.45) is 5.73 Å². The van der Waals surface area contributed by atoms with E-state index in [0.717, 1.165) is 9.88 Å². The summed E-state index contributed by atoms with van der Waals surface area (Å²) < 4.78 is 22.7. The van der Waals surface area contributed by atoms with Crippen LogP contribution in [0.15, 0.2) is 0 Å². The van der Waals surface area contributed by atoms with Crippen molar-refractivity contribution in [2.75, 3.05) is 5.75 Å². The molecule has 0 aromatic carbocycles. The van der Waals surface area contributed by atoms with Gasteiger partial charge in [0.1, 0.15) is 5.01 Å². The molecule has 0 bridgehead atoms. The fraction of sp³-hybridized carbons (Fsp3) is 0.625. The molecule has 4 nitrogen and oxygen atoms in total.